The van der Waals surface area contributed by atoms with Gasteiger partial charge < -0.3 is 14.4 Å². The average molecular weight is 265 g/mol. The third-order valence-corrected chi connectivity index (χ3v) is 2.68. The fraction of sp³-hybridized carbons (Fsp3) is 0.231. The van der Waals surface area contributed by atoms with Gasteiger partial charge in [0.2, 0.25) is 0 Å². The van der Waals surface area contributed by atoms with Crippen LogP contribution in [0.15, 0.2) is 22.7 Å². The standard InChI is InChI=1S/C13H12FNO4/c1-7-12(8(2)19-15-7)6-18-11-4-9(13(16)17)3-10(14)5-11/h3-5H,6H2,1-2H3,(H,16,17). The van der Waals surface area contributed by atoms with Crippen LogP contribution in [0.3, 0.4) is 0 Å². The van der Waals surface area contributed by atoms with E-state index in [1.54, 1.807) is 13.8 Å². The molecule has 5 nitrogen and oxygen atoms in total. The number of hydrogen-bond donors (Lipinski definition) is 1. The Morgan fingerprint density at radius 1 is 1.42 bits per heavy atom. The zero-order chi connectivity index (χ0) is 14.0. The minimum atomic E-state index is -1.21. The van der Waals surface area contributed by atoms with Crippen molar-refractivity contribution in [3.63, 3.8) is 0 Å². The summed E-state index contributed by atoms with van der Waals surface area (Å²) < 4.78 is 23.6. The van der Waals surface area contributed by atoms with Crippen LogP contribution < -0.4 is 4.74 Å². The molecule has 1 aromatic heterocycles. The number of carboxylic acid groups (broad SMARTS) is 1. The highest BCUT2D eigenvalue weighted by atomic mass is 19.1. The second-order valence-corrected chi connectivity index (χ2v) is 4.07. The van der Waals surface area contributed by atoms with E-state index in [4.69, 9.17) is 14.4 Å². The summed E-state index contributed by atoms with van der Waals surface area (Å²) >= 11 is 0. The Labute approximate surface area is 108 Å². The van der Waals surface area contributed by atoms with E-state index < -0.39 is 11.8 Å². The number of benzene rings is 1. The predicted octanol–water partition coefficient (Wildman–Crippen LogP) is 2.71. The van der Waals surface area contributed by atoms with E-state index >= 15 is 0 Å². The summed E-state index contributed by atoms with van der Waals surface area (Å²) in [5.41, 5.74) is 1.29. The maximum absolute atomic E-state index is 13.2. The van der Waals surface area contributed by atoms with Gasteiger partial charge >= 0.3 is 5.97 Å². The number of carbonyl (C=O) groups is 1. The van der Waals surface area contributed by atoms with Crippen LogP contribution in [-0.4, -0.2) is 16.2 Å². The van der Waals surface area contributed by atoms with Gasteiger partial charge in [-0.3, -0.25) is 0 Å². The number of rotatable bonds is 4. The molecule has 0 spiro atoms. The number of aromatic carboxylic acids is 1. The van der Waals surface area contributed by atoms with E-state index in [9.17, 15) is 9.18 Å². The summed E-state index contributed by atoms with van der Waals surface area (Å²) in [5.74, 6) is -1.10. The van der Waals surface area contributed by atoms with Crippen molar-refractivity contribution in [2.45, 2.75) is 20.5 Å². The van der Waals surface area contributed by atoms with Gasteiger partial charge in [-0.25, -0.2) is 9.18 Å². The first-order valence-corrected chi connectivity index (χ1v) is 5.56. The van der Waals surface area contributed by atoms with Crippen molar-refractivity contribution < 1.29 is 23.6 Å². The zero-order valence-electron chi connectivity index (χ0n) is 10.4. The Hall–Kier alpha value is -2.37. The maximum Gasteiger partial charge on any atom is 0.335 e. The number of aryl methyl sites for hydroxylation is 2. The third kappa shape index (κ3) is 2.90. The van der Waals surface area contributed by atoms with Gasteiger partial charge in [-0.1, -0.05) is 5.16 Å². The molecular formula is C13H12FNO4. The number of aromatic nitrogens is 1. The summed E-state index contributed by atoms with van der Waals surface area (Å²) in [7, 11) is 0. The van der Waals surface area contributed by atoms with E-state index in [-0.39, 0.29) is 17.9 Å². The van der Waals surface area contributed by atoms with Crippen molar-refractivity contribution in [3.8, 4) is 5.75 Å². The van der Waals surface area contributed by atoms with Crippen LogP contribution in [0.5, 0.6) is 5.75 Å². The highest BCUT2D eigenvalue weighted by Crippen LogP contribution is 2.20. The fourth-order valence-corrected chi connectivity index (χ4v) is 1.63. The zero-order valence-corrected chi connectivity index (χ0v) is 10.4. The summed E-state index contributed by atoms with van der Waals surface area (Å²) in [6, 6.07) is 3.33. The number of hydrogen-bond acceptors (Lipinski definition) is 4. The minimum Gasteiger partial charge on any atom is -0.489 e. The lowest BCUT2D eigenvalue weighted by molar-refractivity contribution is 0.0695. The van der Waals surface area contributed by atoms with Crippen LogP contribution in [-0.2, 0) is 6.61 Å². The van der Waals surface area contributed by atoms with Gasteiger partial charge in [-0.15, -0.1) is 0 Å². The quantitative estimate of drug-likeness (QED) is 0.920. The monoisotopic (exact) mass is 265 g/mol. The molecule has 0 unspecified atom stereocenters. The lowest BCUT2D eigenvalue weighted by Gasteiger charge is -2.07. The molecule has 1 N–H and O–H groups in total. The van der Waals surface area contributed by atoms with Crippen molar-refractivity contribution in [2.75, 3.05) is 0 Å². The molecule has 100 valence electrons. The maximum atomic E-state index is 13.2. The number of nitrogens with zero attached hydrogens (tertiary/aromatic N) is 1. The summed E-state index contributed by atoms with van der Waals surface area (Å²) in [6.07, 6.45) is 0. The molecule has 0 bridgehead atoms. The molecule has 2 aromatic rings. The molecule has 19 heavy (non-hydrogen) atoms. The first-order valence-electron chi connectivity index (χ1n) is 5.56. The molecule has 1 heterocycles. The molecule has 0 saturated carbocycles. The highest BCUT2D eigenvalue weighted by Gasteiger charge is 2.11. The largest absolute Gasteiger partial charge is 0.489 e. The number of carboxylic acids is 1. The average Bonchev–Trinajstić information content (AvgIpc) is 2.66. The van der Waals surface area contributed by atoms with E-state index in [1.807, 2.05) is 0 Å². The topological polar surface area (TPSA) is 72.6 Å². The Bertz CT molecular complexity index is 602. The normalized spacial score (nSPS) is 10.5. The van der Waals surface area contributed by atoms with Crippen molar-refractivity contribution in [1.29, 1.82) is 0 Å². The number of halogens is 1. The molecule has 0 atom stereocenters. The minimum absolute atomic E-state index is 0.143. The molecule has 0 saturated heterocycles. The highest BCUT2D eigenvalue weighted by molar-refractivity contribution is 5.88. The Morgan fingerprint density at radius 2 is 2.16 bits per heavy atom. The molecular weight excluding hydrogens is 253 g/mol. The van der Waals surface area contributed by atoms with E-state index in [0.29, 0.717) is 11.5 Å². The summed E-state index contributed by atoms with van der Waals surface area (Å²) in [5, 5.41) is 12.6. The molecule has 0 amide bonds. The van der Waals surface area contributed by atoms with Crippen molar-refractivity contribution in [1.82, 2.24) is 5.16 Å². The van der Waals surface area contributed by atoms with Gasteiger partial charge in [0.25, 0.3) is 0 Å². The third-order valence-electron chi connectivity index (χ3n) is 2.68. The Kier molecular flexibility index (Phi) is 3.50. The van der Waals surface area contributed by atoms with E-state index in [1.165, 1.54) is 6.07 Å². The predicted molar refractivity (Wildman–Crippen MR) is 63.7 cm³/mol. The van der Waals surface area contributed by atoms with Gasteiger partial charge in [0.15, 0.2) is 0 Å². The molecule has 0 aliphatic heterocycles. The molecule has 0 radical (unpaired) electrons. The van der Waals surface area contributed by atoms with Crippen LogP contribution >= 0.6 is 0 Å². The van der Waals surface area contributed by atoms with Crippen molar-refractivity contribution in [3.05, 3.63) is 46.6 Å². The second kappa shape index (κ2) is 5.09. The van der Waals surface area contributed by atoms with Gasteiger partial charge in [0.1, 0.15) is 23.9 Å². The first kappa shape index (κ1) is 13.1. The molecule has 0 aliphatic rings. The van der Waals surface area contributed by atoms with Crippen LogP contribution in [0, 0.1) is 19.7 Å². The Balaban J connectivity index is 2.18. The van der Waals surface area contributed by atoms with Crippen molar-refractivity contribution >= 4 is 5.97 Å². The smallest absolute Gasteiger partial charge is 0.335 e. The Morgan fingerprint density at radius 3 is 2.74 bits per heavy atom. The summed E-state index contributed by atoms with van der Waals surface area (Å²) in [6.45, 7) is 3.65. The molecule has 0 fully saturated rings. The van der Waals surface area contributed by atoms with Crippen LogP contribution in [0.2, 0.25) is 0 Å². The molecule has 1 aromatic carbocycles. The number of ether oxygens (including phenoxy) is 1. The van der Waals surface area contributed by atoms with Gasteiger partial charge in [0, 0.05) is 6.07 Å². The van der Waals surface area contributed by atoms with Crippen LogP contribution in [0.25, 0.3) is 0 Å². The van der Waals surface area contributed by atoms with E-state index in [2.05, 4.69) is 5.16 Å². The van der Waals surface area contributed by atoms with Crippen LogP contribution in [0.1, 0.15) is 27.4 Å². The SMILES string of the molecule is Cc1noc(C)c1COc1cc(F)cc(C(=O)O)c1. The first-order chi connectivity index (χ1) is 8.97. The lowest BCUT2D eigenvalue weighted by atomic mass is 10.2. The lowest BCUT2D eigenvalue weighted by Crippen LogP contribution is -2.01. The van der Waals surface area contributed by atoms with Gasteiger partial charge in [-0.05, 0) is 26.0 Å². The fourth-order valence-electron chi connectivity index (χ4n) is 1.63. The molecule has 2 rings (SSSR count). The van der Waals surface area contributed by atoms with Gasteiger partial charge in [-0.2, -0.15) is 0 Å². The van der Waals surface area contributed by atoms with Crippen LogP contribution in [0.4, 0.5) is 4.39 Å². The molecule has 0 aliphatic carbocycles. The summed E-state index contributed by atoms with van der Waals surface area (Å²) in [4.78, 5) is 10.8. The van der Waals surface area contributed by atoms with Gasteiger partial charge in [0.05, 0.1) is 16.8 Å². The molecule has 6 heteroatoms. The van der Waals surface area contributed by atoms with E-state index in [0.717, 1.165) is 17.7 Å². The van der Waals surface area contributed by atoms with Crippen molar-refractivity contribution in [2.24, 2.45) is 0 Å². The second-order valence-electron chi connectivity index (χ2n) is 4.07.